The Morgan fingerprint density at radius 3 is 2.80 bits per heavy atom. The van der Waals surface area contributed by atoms with Crippen molar-refractivity contribution in [2.45, 2.75) is 13.1 Å². The predicted molar refractivity (Wildman–Crippen MR) is 83.9 cm³/mol. The molecule has 0 aliphatic carbocycles. The summed E-state index contributed by atoms with van der Waals surface area (Å²) in [5, 5.41) is 14.2. The predicted octanol–water partition coefficient (Wildman–Crippen LogP) is 3.38. The quantitative estimate of drug-likeness (QED) is 0.768. The van der Waals surface area contributed by atoms with Crippen LogP contribution in [0.5, 0.6) is 0 Å². The minimum atomic E-state index is 0.711. The van der Waals surface area contributed by atoms with Crippen molar-refractivity contribution in [3.63, 3.8) is 0 Å². The maximum atomic E-state index is 4.45. The third-order valence-electron chi connectivity index (χ3n) is 2.75. The van der Waals surface area contributed by atoms with Crippen LogP contribution in [0.25, 0.3) is 5.69 Å². The Balaban J connectivity index is 1.58. The number of thiophene rings is 1. The van der Waals surface area contributed by atoms with E-state index in [4.69, 9.17) is 0 Å². The van der Waals surface area contributed by atoms with E-state index in [0.717, 1.165) is 22.4 Å². The zero-order chi connectivity index (χ0) is 13.8. The van der Waals surface area contributed by atoms with Crippen LogP contribution in [0, 0.1) is 0 Å². The molecule has 2 aromatic heterocycles. The number of halogens is 1. The molecule has 2 heterocycles. The van der Waals surface area contributed by atoms with E-state index in [1.807, 2.05) is 30.3 Å². The van der Waals surface area contributed by atoms with Gasteiger partial charge in [-0.2, -0.15) is 15.0 Å². The minimum Gasteiger partial charge on any atom is -0.306 e. The van der Waals surface area contributed by atoms with Gasteiger partial charge in [-0.1, -0.05) is 18.2 Å². The number of hydrogen-bond acceptors (Lipinski definition) is 4. The summed E-state index contributed by atoms with van der Waals surface area (Å²) in [5.41, 5.74) is 1.91. The van der Waals surface area contributed by atoms with Crippen LogP contribution in [0.3, 0.4) is 0 Å². The topological polar surface area (TPSA) is 42.7 Å². The Labute approximate surface area is 129 Å². The summed E-state index contributed by atoms with van der Waals surface area (Å²) in [6.45, 7) is 1.55. The molecule has 1 aromatic carbocycles. The Hall–Kier alpha value is -1.50. The Morgan fingerprint density at radius 2 is 2.05 bits per heavy atom. The lowest BCUT2D eigenvalue weighted by Gasteiger charge is -2.00. The lowest BCUT2D eigenvalue weighted by Crippen LogP contribution is -2.12. The fraction of sp³-hybridized carbons (Fsp3) is 0.143. The lowest BCUT2D eigenvalue weighted by molar-refractivity contribution is 0.667. The Morgan fingerprint density at radius 1 is 1.20 bits per heavy atom. The van der Waals surface area contributed by atoms with E-state index >= 15 is 0 Å². The van der Waals surface area contributed by atoms with Gasteiger partial charge in [0, 0.05) is 27.8 Å². The van der Waals surface area contributed by atoms with Crippen molar-refractivity contribution in [2.24, 2.45) is 0 Å². The van der Waals surface area contributed by atoms with Crippen LogP contribution in [-0.4, -0.2) is 15.0 Å². The van der Waals surface area contributed by atoms with Gasteiger partial charge in [0.25, 0.3) is 0 Å². The second-order valence-corrected chi connectivity index (χ2v) is 6.21. The SMILES string of the molecule is Brc1csc(CNCc2cnn(-c3ccccc3)n2)c1. The zero-order valence-corrected chi connectivity index (χ0v) is 13.1. The van der Waals surface area contributed by atoms with Gasteiger partial charge in [0.05, 0.1) is 17.6 Å². The number of benzene rings is 1. The average molecular weight is 349 g/mol. The number of rotatable bonds is 5. The monoisotopic (exact) mass is 348 g/mol. The summed E-state index contributed by atoms with van der Waals surface area (Å²) < 4.78 is 1.13. The van der Waals surface area contributed by atoms with E-state index in [-0.39, 0.29) is 0 Å². The normalized spacial score (nSPS) is 10.8. The van der Waals surface area contributed by atoms with Gasteiger partial charge in [-0.25, -0.2) is 0 Å². The average Bonchev–Trinajstić information content (AvgIpc) is 3.09. The van der Waals surface area contributed by atoms with Crippen molar-refractivity contribution in [3.05, 3.63) is 63.0 Å². The molecular weight excluding hydrogens is 336 g/mol. The smallest absolute Gasteiger partial charge is 0.0969 e. The van der Waals surface area contributed by atoms with Crippen LogP contribution < -0.4 is 5.32 Å². The summed E-state index contributed by atoms with van der Waals surface area (Å²) in [5.74, 6) is 0. The van der Waals surface area contributed by atoms with E-state index in [9.17, 15) is 0 Å². The van der Waals surface area contributed by atoms with Crippen molar-refractivity contribution in [1.29, 1.82) is 0 Å². The van der Waals surface area contributed by atoms with Crippen molar-refractivity contribution < 1.29 is 0 Å². The molecule has 0 bridgehead atoms. The fourth-order valence-corrected chi connectivity index (χ4v) is 3.24. The molecule has 102 valence electrons. The van der Waals surface area contributed by atoms with Crippen LogP contribution >= 0.6 is 27.3 Å². The first kappa shape index (κ1) is 13.5. The number of nitrogens with zero attached hydrogens (tertiary/aromatic N) is 3. The van der Waals surface area contributed by atoms with Gasteiger partial charge in [0.15, 0.2) is 0 Å². The largest absolute Gasteiger partial charge is 0.306 e. The highest BCUT2D eigenvalue weighted by atomic mass is 79.9. The molecule has 3 rings (SSSR count). The second-order valence-electron chi connectivity index (χ2n) is 4.30. The highest BCUT2D eigenvalue weighted by molar-refractivity contribution is 9.10. The van der Waals surface area contributed by atoms with Crippen molar-refractivity contribution in [2.75, 3.05) is 0 Å². The molecule has 0 saturated heterocycles. The third-order valence-corrected chi connectivity index (χ3v) is 4.45. The van der Waals surface area contributed by atoms with Gasteiger partial charge in [0.2, 0.25) is 0 Å². The first-order valence-corrected chi connectivity index (χ1v) is 7.89. The van der Waals surface area contributed by atoms with E-state index in [2.05, 4.69) is 42.9 Å². The molecule has 6 heteroatoms. The maximum Gasteiger partial charge on any atom is 0.0969 e. The summed E-state index contributed by atoms with van der Waals surface area (Å²) in [7, 11) is 0. The standard InChI is InChI=1S/C14H13BrN4S/c15-11-6-14(20-10-11)9-16-7-12-8-17-19(18-12)13-4-2-1-3-5-13/h1-6,8,10,16H,7,9H2. The second kappa shape index (κ2) is 6.30. The molecule has 1 N–H and O–H groups in total. The summed E-state index contributed by atoms with van der Waals surface area (Å²) in [6.07, 6.45) is 1.80. The number of aromatic nitrogens is 3. The fourth-order valence-electron chi connectivity index (χ4n) is 1.82. The van der Waals surface area contributed by atoms with E-state index in [1.54, 1.807) is 22.3 Å². The van der Waals surface area contributed by atoms with Gasteiger partial charge < -0.3 is 5.32 Å². The molecule has 0 radical (unpaired) electrons. The highest BCUT2D eigenvalue weighted by Crippen LogP contribution is 2.19. The van der Waals surface area contributed by atoms with E-state index in [1.165, 1.54) is 4.88 Å². The summed E-state index contributed by atoms with van der Waals surface area (Å²) in [6, 6.07) is 12.0. The molecule has 20 heavy (non-hydrogen) atoms. The minimum absolute atomic E-state index is 0.711. The third kappa shape index (κ3) is 3.33. The van der Waals surface area contributed by atoms with Crippen LogP contribution in [0.2, 0.25) is 0 Å². The Bertz CT molecular complexity index is 677. The molecule has 4 nitrogen and oxygen atoms in total. The maximum absolute atomic E-state index is 4.45. The highest BCUT2D eigenvalue weighted by Gasteiger charge is 2.03. The first-order valence-electron chi connectivity index (χ1n) is 6.21. The van der Waals surface area contributed by atoms with Gasteiger partial charge in [-0.3, -0.25) is 0 Å². The molecule has 3 aromatic rings. The molecule has 0 aliphatic heterocycles. The van der Waals surface area contributed by atoms with Crippen molar-refractivity contribution >= 4 is 27.3 Å². The van der Waals surface area contributed by atoms with E-state index < -0.39 is 0 Å². The molecule has 0 atom stereocenters. The molecule has 0 spiro atoms. The molecule has 0 amide bonds. The first-order chi connectivity index (χ1) is 9.81. The van der Waals surface area contributed by atoms with E-state index in [0.29, 0.717) is 6.54 Å². The zero-order valence-electron chi connectivity index (χ0n) is 10.7. The van der Waals surface area contributed by atoms with Gasteiger partial charge >= 0.3 is 0 Å². The van der Waals surface area contributed by atoms with Crippen LogP contribution in [0.1, 0.15) is 10.6 Å². The summed E-state index contributed by atoms with van der Waals surface area (Å²) >= 11 is 5.19. The molecule has 0 aliphatic rings. The molecule has 0 saturated carbocycles. The molecule has 0 unspecified atom stereocenters. The molecular formula is C14H13BrN4S. The lowest BCUT2D eigenvalue weighted by atomic mass is 10.3. The van der Waals surface area contributed by atoms with Crippen LogP contribution in [-0.2, 0) is 13.1 Å². The van der Waals surface area contributed by atoms with Crippen LogP contribution in [0.4, 0.5) is 0 Å². The summed E-state index contributed by atoms with van der Waals surface area (Å²) in [4.78, 5) is 2.95. The van der Waals surface area contributed by atoms with Crippen molar-refractivity contribution in [3.8, 4) is 5.69 Å². The van der Waals surface area contributed by atoms with Crippen molar-refractivity contribution in [1.82, 2.24) is 20.3 Å². The number of hydrogen-bond donors (Lipinski definition) is 1. The van der Waals surface area contributed by atoms with Crippen LogP contribution in [0.15, 0.2) is 52.4 Å². The van der Waals surface area contributed by atoms with Gasteiger partial charge in [-0.05, 0) is 34.1 Å². The molecule has 0 fully saturated rings. The van der Waals surface area contributed by atoms with Gasteiger partial charge in [0.1, 0.15) is 0 Å². The van der Waals surface area contributed by atoms with Gasteiger partial charge in [-0.15, -0.1) is 11.3 Å². The number of para-hydroxylation sites is 1. The number of nitrogens with one attached hydrogen (secondary N) is 1. The Kier molecular flexibility index (Phi) is 4.25.